The van der Waals surface area contributed by atoms with Crippen molar-refractivity contribution in [2.75, 3.05) is 19.8 Å². The van der Waals surface area contributed by atoms with E-state index in [1.54, 1.807) is 0 Å². The summed E-state index contributed by atoms with van der Waals surface area (Å²) in [4.78, 5) is 12.3. The van der Waals surface area contributed by atoms with Crippen molar-refractivity contribution in [3.8, 4) is 0 Å². The van der Waals surface area contributed by atoms with Gasteiger partial charge in [0.05, 0.1) is 25.4 Å². The van der Waals surface area contributed by atoms with Crippen LogP contribution in [0.4, 0.5) is 0 Å². The summed E-state index contributed by atoms with van der Waals surface area (Å²) in [7, 11) is 0. The molecule has 2 aliphatic rings. The fraction of sp³-hybridized carbons (Fsp3) is 0.842. The molecule has 0 amide bonds. The van der Waals surface area contributed by atoms with Crippen molar-refractivity contribution in [3.05, 3.63) is 11.5 Å². The molecule has 0 radical (unpaired) electrons. The lowest BCUT2D eigenvalue weighted by Gasteiger charge is -2.36. The van der Waals surface area contributed by atoms with Crippen LogP contribution in [0, 0.1) is 5.92 Å². The lowest BCUT2D eigenvalue weighted by atomic mass is 9.87. The first-order chi connectivity index (χ1) is 11.5. The average Bonchev–Trinajstić information content (AvgIpc) is 2.84. The van der Waals surface area contributed by atoms with E-state index in [9.17, 15) is 4.79 Å². The number of carbonyl (C=O) groups excluding carboxylic acids is 1. The molecule has 5 heteroatoms. The van der Waals surface area contributed by atoms with Gasteiger partial charge in [0, 0.05) is 5.92 Å². The van der Waals surface area contributed by atoms with E-state index in [-0.39, 0.29) is 23.4 Å². The van der Waals surface area contributed by atoms with Gasteiger partial charge in [0.25, 0.3) is 0 Å². The van der Waals surface area contributed by atoms with Crippen LogP contribution < -0.4 is 0 Å². The third kappa shape index (κ3) is 4.88. The minimum absolute atomic E-state index is 0.105. The highest BCUT2D eigenvalue weighted by Crippen LogP contribution is 2.37. The largest absolute Gasteiger partial charge is 0.490 e. The first-order valence-electron chi connectivity index (χ1n) is 9.33. The Morgan fingerprint density at radius 1 is 1.12 bits per heavy atom. The first-order valence-corrected chi connectivity index (χ1v) is 9.33. The van der Waals surface area contributed by atoms with E-state index >= 15 is 0 Å². The fourth-order valence-corrected chi connectivity index (χ4v) is 2.95. The van der Waals surface area contributed by atoms with E-state index in [1.165, 1.54) is 0 Å². The second kappa shape index (κ2) is 8.75. The Bertz CT molecular complexity index is 445. The highest BCUT2D eigenvalue weighted by atomic mass is 16.6. The molecular formula is C19H32O5. The van der Waals surface area contributed by atoms with Gasteiger partial charge < -0.3 is 18.9 Å². The molecule has 2 aliphatic heterocycles. The van der Waals surface area contributed by atoms with Gasteiger partial charge in [-0.1, -0.05) is 26.7 Å². The zero-order valence-electron chi connectivity index (χ0n) is 15.6. The molecule has 0 spiro atoms. The van der Waals surface area contributed by atoms with Crippen molar-refractivity contribution >= 4 is 5.97 Å². The summed E-state index contributed by atoms with van der Waals surface area (Å²) in [5.74, 6) is 0.588. The number of cyclic esters (lactones) is 1. The molecule has 2 rings (SSSR count). The van der Waals surface area contributed by atoms with Crippen molar-refractivity contribution in [2.24, 2.45) is 5.92 Å². The van der Waals surface area contributed by atoms with E-state index in [2.05, 4.69) is 27.7 Å². The Morgan fingerprint density at radius 3 is 2.38 bits per heavy atom. The number of hydrogen-bond acceptors (Lipinski definition) is 5. The smallest absolute Gasteiger partial charge is 0.378 e. The summed E-state index contributed by atoms with van der Waals surface area (Å²) >= 11 is 0. The summed E-state index contributed by atoms with van der Waals surface area (Å²) in [5, 5.41) is 0. The molecule has 2 unspecified atom stereocenters. The second-order valence-electron chi connectivity index (χ2n) is 7.29. The maximum atomic E-state index is 12.3. The van der Waals surface area contributed by atoms with Gasteiger partial charge in [-0.25, -0.2) is 4.79 Å². The van der Waals surface area contributed by atoms with Crippen LogP contribution >= 0.6 is 0 Å². The van der Waals surface area contributed by atoms with Crippen molar-refractivity contribution in [1.82, 2.24) is 0 Å². The molecule has 2 atom stereocenters. The van der Waals surface area contributed by atoms with Gasteiger partial charge in [0.1, 0.15) is 0 Å². The van der Waals surface area contributed by atoms with Gasteiger partial charge >= 0.3 is 5.97 Å². The molecule has 1 fully saturated rings. The highest BCUT2D eigenvalue weighted by Gasteiger charge is 2.44. The van der Waals surface area contributed by atoms with E-state index in [1.807, 2.05) is 0 Å². The molecule has 0 aromatic rings. The number of carbonyl (C=O) groups is 1. The zero-order valence-corrected chi connectivity index (χ0v) is 15.6. The Hall–Kier alpha value is -1.23. The average molecular weight is 340 g/mol. The number of ether oxygens (including phenoxy) is 4. The van der Waals surface area contributed by atoms with Gasteiger partial charge in [-0.15, -0.1) is 0 Å². The van der Waals surface area contributed by atoms with E-state index in [0.29, 0.717) is 25.6 Å². The number of hydrogen-bond donors (Lipinski definition) is 0. The van der Waals surface area contributed by atoms with Gasteiger partial charge in [-0.3, -0.25) is 0 Å². The number of rotatable bonds is 9. The van der Waals surface area contributed by atoms with Crippen LogP contribution in [0.2, 0.25) is 0 Å². The van der Waals surface area contributed by atoms with Crippen molar-refractivity contribution in [1.29, 1.82) is 0 Å². The molecule has 1 saturated heterocycles. The monoisotopic (exact) mass is 340 g/mol. The van der Waals surface area contributed by atoms with Gasteiger partial charge in [-0.05, 0) is 39.5 Å². The van der Waals surface area contributed by atoms with Crippen LogP contribution in [0.3, 0.4) is 0 Å². The molecule has 0 aromatic carbocycles. The molecule has 0 aromatic heterocycles. The van der Waals surface area contributed by atoms with E-state index < -0.39 is 5.97 Å². The second-order valence-corrected chi connectivity index (χ2v) is 7.29. The quantitative estimate of drug-likeness (QED) is 0.470. The normalized spacial score (nSPS) is 26.4. The van der Waals surface area contributed by atoms with Crippen molar-refractivity contribution < 1.29 is 23.7 Å². The SMILES string of the molecule is CCCCOC1=C(OCCCC)C(C2CCC(C)(C)OC2)OC1=O. The molecule has 5 nitrogen and oxygen atoms in total. The first kappa shape index (κ1) is 19.1. The predicted octanol–water partition coefficient (Wildman–Crippen LogP) is 3.96. The lowest BCUT2D eigenvalue weighted by Crippen LogP contribution is -2.39. The summed E-state index contributed by atoms with van der Waals surface area (Å²) in [6.45, 7) is 10.1. The van der Waals surface area contributed by atoms with Crippen LogP contribution in [0.5, 0.6) is 0 Å². The topological polar surface area (TPSA) is 54.0 Å². The Morgan fingerprint density at radius 2 is 1.79 bits per heavy atom. The molecule has 0 N–H and O–H groups in total. The van der Waals surface area contributed by atoms with Gasteiger partial charge in [0.2, 0.25) is 5.76 Å². The number of unbranched alkanes of at least 4 members (excludes halogenated alkanes) is 2. The molecule has 24 heavy (non-hydrogen) atoms. The molecule has 138 valence electrons. The molecule has 0 saturated carbocycles. The van der Waals surface area contributed by atoms with Crippen LogP contribution in [-0.2, 0) is 23.7 Å². The third-order valence-electron chi connectivity index (χ3n) is 4.63. The van der Waals surface area contributed by atoms with Crippen molar-refractivity contribution in [2.45, 2.75) is 77.9 Å². The van der Waals surface area contributed by atoms with Gasteiger partial charge in [0.15, 0.2) is 11.9 Å². The highest BCUT2D eigenvalue weighted by molar-refractivity contribution is 5.89. The summed E-state index contributed by atoms with van der Waals surface area (Å²) in [6.07, 6.45) is 5.43. The lowest BCUT2D eigenvalue weighted by molar-refractivity contribution is -0.151. The van der Waals surface area contributed by atoms with E-state index in [4.69, 9.17) is 18.9 Å². The van der Waals surface area contributed by atoms with Crippen LogP contribution in [0.15, 0.2) is 11.5 Å². The van der Waals surface area contributed by atoms with Crippen LogP contribution in [-0.4, -0.2) is 37.5 Å². The Labute approximate surface area is 145 Å². The summed E-state index contributed by atoms with van der Waals surface area (Å²) in [5.41, 5.74) is -0.105. The standard InChI is InChI=1S/C19H32O5/c1-5-7-11-21-16-15(14-9-10-19(3,4)23-13-14)24-18(20)17(16)22-12-8-6-2/h14-15H,5-13H2,1-4H3. The zero-order chi connectivity index (χ0) is 17.6. The van der Waals surface area contributed by atoms with Crippen LogP contribution in [0.1, 0.15) is 66.2 Å². The maximum absolute atomic E-state index is 12.3. The molecule has 2 heterocycles. The third-order valence-corrected chi connectivity index (χ3v) is 4.63. The summed E-state index contributed by atoms with van der Waals surface area (Å²) in [6, 6.07) is 0. The molecule has 0 bridgehead atoms. The van der Waals surface area contributed by atoms with Gasteiger partial charge in [-0.2, -0.15) is 0 Å². The minimum atomic E-state index is -0.396. The molecule has 0 aliphatic carbocycles. The number of esters is 1. The predicted molar refractivity (Wildman–Crippen MR) is 91.4 cm³/mol. The maximum Gasteiger partial charge on any atom is 0.378 e. The van der Waals surface area contributed by atoms with Crippen molar-refractivity contribution in [3.63, 3.8) is 0 Å². The summed E-state index contributed by atoms with van der Waals surface area (Å²) < 4.78 is 23.2. The van der Waals surface area contributed by atoms with E-state index in [0.717, 1.165) is 38.5 Å². The van der Waals surface area contributed by atoms with Crippen LogP contribution in [0.25, 0.3) is 0 Å². The minimum Gasteiger partial charge on any atom is -0.490 e. The Balaban J connectivity index is 2.08. The molecular weight excluding hydrogens is 308 g/mol. The fourth-order valence-electron chi connectivity index (χ4n) is 2.95. The Kier molecular flexibility index (Phi) is 6.96.